The van der Waals surface area contributed by atoms with Gasteiger partial charge < -0.3 is 15.4 Å². The molecule has 1 aromatic carbocycles. The first-order valence-electron chi connectivity index (χ1n) is 7.87. The highest BCUT2D eigenvalue weighted by Gasteiger charge is 2.42. The minimum atomic E-state index is -0.126. The van der Waals surface area contributed by atoms with Crippen molar-refractivity contribution in [3.05, 3.63) is 24.3 Å². The Balaban J connectivity index is 1.53. The van der Waals surface area contributed by atoms with E-state index in [-0.39, 0.29) is 12.1 Å². The average molecular weight is 288 g/mol. The molecular weight excluding hydrogens is 264 g/mol. The summed E-state index contributed by atoms with van der Waals surface area (Å²) < 4.78 is 5.16. The van der Waals surface area contributed by atoms with Gasteiger partial charge in [0.25, 0.3) is 0 Å². The number of urea groups is 1. The second-order valence-electron chi connectivity index (χ2n) is 6.46. The van der Waals surface area contributed by atoms with Crippen molar-refractivity contribution < 1.29 is 9.53 Å². The molecule has 3 rings (SSSR count). The van der Waals surface area contributed by atoms with Crippen LogP contribution in [0, 0.1) is 17.8 Å². The van der Waals surface area contributed by atoms with Gasteiger partial charge in [-0.2, -0.15) is 0 Å². The number of methoxy groups -OCH3 is 1. The lowest BCUT2D eigenvalue weighted by molar-refractivity contribution is 0.230. The summed E-state index contributed by atoms with van der Waals surface area (Å²) in [7, 11) is 1.62. The minimum Gasteiger partial charge on any atom is -0.497 e. The zero-order chi connectivity index (χ0) is 14.8. The molecule has 2 N–H and O–H groups in total. The molecule has 21 heavy (non-hydrogen) atoms. The fourth-order valence-corrected chi connectivity index (χ4v) is 4.09. The van der Waals surface area contributed by atoms with Gasteiger partial charge in [-0.05, 0) is 56.1 Å². The highest BCUT2D eigenvalue weighted by atomic mass is 16.5. The van der Waals surface area contributed by atoms with Gasteiger partial charge in [-0.25, -0.2) is 4.79 Å². The van der Waals surface area contributed by atoms with Gasteiger partial charge in [-0.1, -0.05) is 12.5 Å². The summed E-state index contributed by atoms with van der Waals surface area (Å²) >= 11 is 0. The van der Waals surface area contributed by atoms with Crippen LogP contribution in [-0.4, -0.2) is 19.2 Å². The number of hydrogen-bond donors (Lipinski definition) is 2. The van der Waals surface area contributed by atoms with Gasteiger partial charge in [0.15, 0.2) is 0 Å². The largest absolute Gasteiger partial charge is 0.497 e. The average Bonchev–Trinajstić information content (AvgIpc) is 3.10. The number of hydrogen-bond acceptors (Lipinski definition) is 2. The number of carbonyl (C=O) groups excluding carboxylic acids is 1. The van der Waals surface area contributed by atoms with Crippen molar-refractivity contribution in [2.45, 2.75) is 38.6 Å². The third-order valence-corrected chi connectivity index (χ3v) is 5.12. The normalized spacial score (nSPS) is 28.2. The number of rotatable bonds is 4. The molecule has 2 aliphatic carbocycles. The quantitative estimate of drug-likeness (QED) is 0.888. The van der Waals surface area contributed by atoms with E-state index in [4.69, 9.17) is 4.74 Å². The summed E-state index contributed by atoms with van der Waals surface area (Å²) in [5, 5.41) is 5.99. The van der Waals surface area contributed by atoms with Gasteiger partial charge in [0, 0.05) is 17.8 Å². The molecule has 0 unspecified atom stereocenters. The van der Waals surface area contributed by atoms with E-state index >= 15 is 0 Å². The lowest BCUT2D eigenvalue weighted by Gasteiger charge is -2.28. The maximum atomic E-state index is 12.1. The van der Waals surface area contributed by atoms with Crippen LogP contribution >= 0.6 is 0 Å². The van der Waals surface area contributed by atoms with E-state index in [0.717, 1.165) is 23.3 Å². The predicted molar refractivity (Wildman–Crippen MR) is 83.5 cm³/mol. The third kappa shape index (κ3) is 3.14. The number of anilines is 1. The molecule has 0 heterocycles. The van der Waals surface area contributed by atoms with E-state index < -0.39 is 0 Å². The Morgan fingerprint density at radius 1 is 1.33 bits per heavy atom. The summed E-state index contributed by atoms with van der Waals surface area (Å²) in [6.45, 7) is 2.14. The lowest BCUT2D eigenvalue weighted by atomic mass is 9.84. The second-order valence-corrected chi connectivity index (χ2v) is 6.46. The Morgan fingerprint density at radius 3 is 2.86 bits per heavy atom. The summed E-state index contributed by atoms with van der Waals surface area (Å²) in [6.07, 6.45) is 5.39. The Kier molecular flexibility index (Phi) is 4.04. The van der Waals surface area contributed by atoms with Crippen molar-refractivity contribution in [2.24, 2.45) is 17.8 Å². The molecule has 2 saturated carbocycles. The van der Waals surface area contributed by atoms with Crippen molar-refractivity contribution in [3.8, 4) is 5.75 Å². The van der Waals surface area contributed by atoms with Gasteiger partial charge in [-0.15, -0.1) is 0 Å². The Bertz CT molecular complexity index is 517. The van der Waals surface area contributed by atoms with Crippen molar-refractivity contribution >= 4 is 11.7 Å². The number of amides is 2. The van der Waals surface area contributed by atoms with Gasteiger partial charge in [0.05, 0.1) is 7.11 Å². The van der Waals surface area contributed by atoms with Crippen LogP contribution in [0.15, 0.2) is 24.3 Å². The number of fused-ring (bicyclic) bond motifs is 2. The van der Waals surface area contributed by atoms with Crippen molar-refractivity contribution in [2.75, 3.05) is 12.4 Å². The molecule has 0 aromatic heterocycles. The maximum absolute atomic E-state index is 12.1. The van der Waals surface area contributed by atoms with Gasteiger partial charge >= 0.3 is 6.03 Å². The highest BCUT2D eigenvalue weighted by Crippen LogP contribution is 2.49. The molecule has 0 saturated heterocycles. The molecule has 2 bridgehead atoms. The van der Waals surface area contributed by atoms with Gasteiger partial charge in [-0.3, -0.25) is 0 Å². The van der Waals surface area contributed by atoms with Crippen LogP contribution in [0.1, 0.15) is 32.6 Å². The van der Waals surface area contributed by atoms with Crippen LogP contribution in [0.4, 0.5) is 10.5 Å². The Morgan fingerprint density at radius 2 is 2.19 bits per heavy atom. The molecule has 4 atom stereocenters. The van der Waals surface area contributed by atoms with E-state index in [1.54, 1.807) is 7.11 Å². The first-order chi connectivity index (χ1) is 10.2. The molecule has 1 aromatic rings. The molecular formula is C17H24N2O2. The second kappa shape index (κ2) is 5.96. The number of benzene rings is 1. The monoisotopic (exact) mass is 288 g/mol. The zero-order valence-corrected chi connectivity index (χ0v) is 12.8. The predicted octanol–water partition coefficient (Wildman–Crippen LogP) is 3.64. The molecule has 0 radical (unpaired) electrons. The summed E-state index contributed by atoms with van der Waals surface area (Å²) in [5.41, 5.74) is 0.756. The van der Waals surface area contributed by atoms with Crippen molar-refractivity contribution in [1.82, 2.24) is 5.32 Å². The Labute approximate surface area is 126 Å². The number of carbonyl (C=O) groups is 1. The molecule has 0 spiro atoms. The van der Waals surface area contributed by atoms with Crippen LogP contribution in [0.25, 0.3) is 0 Å². The van der Waals surface area contributed by atoms with Crippen molar-refractivity contribution in [1.29, 1.82) is 0 Å². The fraction of sp³-hybridized carbons (Fsp3) is 0.588. The SMILES string of the molecule is COc1cccc(NC(=O)N[C@@H](C)[C@@H]2C[C@@H]3CC[C@@H]2C3)c1. The van der Waals surface area contributed by atoms with E-state index in [1.165, 1.54) is 25.7 Å². The molecule has 2 fully saturated rings. The minimum absolute atomic E-state index is 0.126. The maximum Gasteiger partial charge on any atom is 0.319 e. The zero-order valence-electron chi connectivity index (χ0n) is 12.8. The van der Waals surface area contributed by atoms with Crippen LogP contribution in [0.5, 0.6) is 5.75 Å². The van der Waals surface area contributed by atoms with Gasteiger partial charge in [0.2, 0.25) is 0 Å². The number of ether oxygens (including phenoxy) is 1. The lowest BCUT2D eigenvalue weighted by Crippen LogP contribution is -2.42. The molecule has 4 nitrogen and oxygen atoms in total. The molecule has 114 valence electrons. The molecule has 0 aliphatic heterocycles. The summed E-state index contributed by atoms with van der Waals surface area (Å²) in [5.74, 6) is 3.13. The van der Waals surface area contributed by atoms with Gasteiger partial charge in [0.1, 0.15) is 5.75 Å². The summed E-state index contributed by atoms with van der Waals surface area (Å²) in [6, 6.07) is 7.53. The van der Waals surface area contributed by atoms with Crippen molar-refractivity contribution in [3.63, 3.8) is 0 Å². The smallest absolute Gasteiger partial charge is 0.319 e. The van der Waals surface area contributed by atoms with E-state index in [9.17, 15) is 4.79 Å². The fourth-order valence-electron chi connectivity index (χ4n) is 4.09. The van der Waals surface area contributed by atoms with E-state index in [2.05, 4.69) is 17.6 Å². The molecule has 2 aliphatic rings. The first-order valence-corrected chi connectivity index (χ1v) is 7.87. The van der Waals surface area contributed by atoms with Crippen LogP contribution in [0.2, 0.25) is 0 Å². The first kappa shape index (κ1) is 14.2. The standard InChI is InChI=1S/C17H24N2O2/c1-11(16-9-12-6-7-13(16)8-12)18-17(20)19-14-4-3-5-15(10-14)21-2/h3-5,10-13,16H,6-9H2,1-2H3,(H2,18,19,20)/t11-,12+,13+,16-/m0/s1. The highest BCUT2D eigenvalue weighted by molar-refractivity contribution is 5.89. The van der Waals surface area contributed by atoms with Crippen LogP contribution < -0.4 is 15.4 Å². The van der Waals surface area contributed by atoms with E-state index in [0.29, 0.717) is 5.92 Å². The summed E-state index contributed by atoms with van der Waals surface area (Å²) in [4.78, 5) is 12.1. The van der Waals surface area contributed by atoms with E-state index in [1.807, 2.05) is 24.3 Å². The molecule has 4 heteroatoms. The number of nitrogens with one attached hydrogen (secondary N) is 2. The van der Waals surface area contributed by atoms with Crippen LogP contribution in [0.3, 0.4) is 0 Å². The topological polar surface area (TPSA) is 50.4 Å². The third-order valence-electron chi connectivity index (χ3n) is 5.12. The van der Waals surface area contributed by atoms with Crippen LogP contribution in [-0.2, 0) is 0 Å². The molecule has 2 amide bonds. The Hall–Kier alpha value is -1.71.